The fourth-order valence-corrected chi connectivity index (χ4v) is 2.18. The van der Waals surface area contributed by atoms with Crippen LogP contribution in [0.25, 0.3) is 0 Å². The minimum absolute atomic E-state index is 0.469. The summed E-state index contributed by atoms with van der Waals surface area (Å²) in [6.07, 6.45) is 1.71. The molecule has 0 spiro atoms. The summed E-state index contributed by atoms with van der Waals surface area (Å²) in [4.78, 5) is 0. The Morgan fingerprint density at radius 1 is 1.56 bits per heavy atom. The minimum Gasteiger partial charge on any atom is -0.496 e. The molecule has 94 valence electrons. The molecule has 0 aliphatic heterocycles. The summed E-state index contributed by atoms with van der Waals surface area (Å²) in [7, 11) is 1.63. The van der Waals surface area contributed by atoms with Gasteiger partial charge in [-0.05, 0) is 58.8 Å². The summed E-state index contributed by atoms with van der Waals surface area (Å²) in [5.74, 6) is 1.49. The van der Waals surface area contributed by atoms with Crippen LogP contribution in [0.15, 0.2) is 27.8 Å². The summed E-state index contributed by atoms with van der Waals surface area (Å²) >= 11 is 8.48. The van der Waals surface area contributed by atoms with Gasteiger partial charge in [-0.25, -0.2) is 0 Å². The molecule has 7 heteroatoms. The van der Waals surface area contributed by atoms with E-state index in [2.05, 4.69) is 31.2 Å². The molecule has 0 saturated heterocycles. The van der Waals surface area contributed by atoms with E-state index < -0.39 is 0 Å². The number of aryl methyl sites for hydroxylation is 1. The van der Waals surface area contributed by atoms with E-state index in [0.29, 0.717) is 10.6 Å². The van der Waals surface area contributed by atoms with Gasteiger partial charge in [0, 0.05) is 0 Å². The number of hydrogen-bond acceptors (Lipinski definition) is 4. The number of benzene rings is 1. The van der Waals surface area contributed by atoms with E-state index in [9.17, 15) is 0 Å². The predicted molar refractivity (Wildman–Crippen MR) is 75.8 cm³/mol. The first-order valence-corrected chi connectivity index (χ1v) is 6.34. The number of hydrogen-bond donors (Lipinski definition) is 1. The Morgan fingerprint density at radius 2 is 2.33 bits per heavy atom. The first kappa shape index (κ1) is 13.0. The molecule has 0 fully saturated rings. The number of methoxy groups -OCH3 is 1. The Labute approximate surface area is 118 Å². The molecule has 0 aliphatic carbocycles. The maximum absolute atomic E-state index is 5.16. The standard InChI is InChI=1S/C11H11BrN4OS/c1-7-14-15-11(18)16(7)13-6-8-3-4-10(17-2)9(12)5-8/h3-6H,1-2H3,(H,15,18)/b13-6-. The molecule has 1 aromatic carbocycles. The highest BCUT2D eigenvalue weighted by atomic mass is 79.9. The molecular formula is C11H11BrN4OS. The Bertz CT molecular complexity index is 647. The molecular weight excluding hydrogens is 316 g/mol. The van der Waals surface area contributed by atoms with Gasteiger partial charge in [0.05, 0.1) is 17.8 Å². The van der Waals surface area contributed by atoms with Gasteiger partial charge < -0.3 is 4.74 Å². The smallest absolute Gasteiger partial charge is 0.216 e. The van der Waals surface area contributed by atoms with Gasteiger partial charge in [-0.3, -0.25) is 5.10 Å². The van der Waals surface area contributed by atoms with Crippen molar-refractivity contribution in [2.45, 2.75) is 6.92 Å². The lowest BCUT2D eigenvalue weighted by molar-refractivity contribution is 0.412. The van der Waals surface area contributed by atoms with Gasteiger partial charge in [0.2, 0.25) is 4.77 Å². The van der Waals surface area contributed by atoms with Crippen LogP contribution in [0.3, 0.4) is 0 Å². The topological polar surface area (TPSA) is 55.2 Å². The van der Waals surface area contributed by atoms with Crippen molar-refractivity contribution in [3.05, 3.63) is 38.8 Å². The molecule has 1 aromatic heterocycles. The molecule has 0 atom stereocenters. The molecule has 0 bridgehead atoms. The third-order valence-corrected chi connectivity index (χ3v) is 3.19. The summed E-state index contributed by atoms with van der Waals surface area (Å²) < 4.78 is 8.07. The Kier molecular flexibility index (Phi) is 3.93. The van der Waals surface area contributed by atoms with Gasteiger partial charge in [0.15, 0.2) is 0 Å². The molecule has 1 heterocycles. The fraction of sp³-hybridized carbons (Fsp3) is 0.182. The monoisotopic (exact) mass is 326 g/mol. The van der Waals surface area contributed by atoms with E-state index in [4.69, 9.17) is 17.0 Å². The van der Waals surface area contributed by atoms with Gasteiger partial charge in [0.1, 0.15) is 11.6 Å². The SMILES string of the molecule is COc1ccc(/C=N\n2c(C)n[nH]c2=S)cc1Br. The number of aromatic amines is 1. The number of rotatable bonds is 3. The zero-order valence-corrected chi connectivity index (χ0v) is 12.2. The second-order valence-electron chi connectivity index (χ2n) is 3.53. The molecule has 0 saturated carbocycles. The molecule has 1 N–H and O–H groups in total. The average molecular weight is 327 g/mol. The van der Waals surface area contributed by atoms with Crippen LogP contribution in [0.4, 0.5) is 0 Å². The Morgan fingerprint density at radius 3 is 2.89 bits per heavy atom. The maximum Gasteiger partial charge on any atom is 0.216 e. The molecule has 0 amide bonds. The number of nitrogens with zero attached hydrogens (tertiary/aromatic N) is 3. The molecule has 18 heavy (non-hydrogen) atoms. The quantitative estimate of drug-likeness (QED) is 0.697. The maximum atomic E-state index is 5.16. The number of aromatic nitrogens is 3. The van der Waals surface area contributed by atoms with Crippen molar-refractivity contribution in [3.63, 3.8) is 0 Å². The number of ether oxygens (including phenoxy) is 1. The lowest BCUT2D eigenvalue weighted by atomic mass is 10.2. The molecule has 5 nitrogen and oxygen atoms in total. The van der Waals surface area contributed by atoms with E-state index in [1.165, 1.54) is 0 Å². The second kappa shape index (κ2) is 5.45. The van der Waals surface area contributed by atoms with Crippen LogP contribution in [-0.2, 0) is 0 Å². The van der Waals surface area contributed by atoms with E-state index in [1.54, 1.807) is 18.0 Å². The second-order valence-corrected chi connectivity index (χ2v) is 4.77. The summed E-state index contributed by atoms with van der Waals surface area (Å²) in [6, 6.07) is 5.69. The summed E-state index contributed by atoms with van der Waals surface area (Å²) in [6.45, 7) is 1.83. The summed E-state index contributed by atoms with van der Waals surface area (Å²) in [5, 5.41) is 10.9. The molecule has 0 unspecified atom stereocenters. The fourth-order valence-electron chi connectivity index (χ4n) is 1.39. The van der Waals surface area contributed by atoms with Crippen LogP contribution >= 0.6 is 28.1 Å². The van der Waals surface area contributed by atoms with Crippen molar-refractivity contribution in [2.24, 2.45) is 5.10 Å². The molecule has 0 aliphatic rings. The average Bonchev–Trinajstić information content (AvgIpc) is 2.67. The van der Waals surface area contributed by atoms with Crippen LogP contribution in [0, 0.1) is 11.7 Å². The zero-order valence-electron chi connectivity index (χ0n) is 9.85. The lowest BCUT2D eigenvalue weighted by Crippen LogP contribution is -1.94. The Balaban J connectivity index is 2.30. The molecule has 0 radical (unpaired) electrons. The number of H-pyrrole nitrogens is 1. The zero-order chi connectivity index (χ0) is 13.1. The van der Waals surface area contributed by atoms with Crippen molar-refractivity contribution >= 4 is 34.4 Å². The normalized spacial score (nSPS) is 11.1. The first-order valence-electron chi connectivity index (χ1n) is 5.13. The van der Waals surface area contributed by atoms with Crippen LogP contribution in [-0.4, -0.2) is 28.2 Å². The molecule has 2 aromatic rings. The van der Waals surface area contributed by atoms with Crippen molar-refractivity contribution in [1.29, 1.82) is 0 Å². The first-order chi connectivity index (χ1) is 8.61. The van der Waals surface area contributed by atoms with E-state index in [-0.39, 0.29) is 0 Å². The van der Waals surface area contributed by atoms with Crippen molar-refractivity contribution in [1.82, 2.24) is 14.9 Å². The molecule has 2 rings (SSSR count). The van der Waals surface area contributed by atoms with Crippen LogP contribution in [0.1, 0.15) is 11.4 Å². The highest BCUT2D eigenvalue weighted by Crippen LogP contribution is 2.24. The third-order valence-electron chi connectivity index (χ3n) is 2.31. The third kappa shape index (κ3) is 2.68. The van der Waals surface area contributed by atoms with E-state index in [0.717, 1.165) is 15.8 Å². The highest BCUT2D eigenvalue weighted by molar-refractivity contribution is 9.10. The predicted octanol–water partition coefficient (Wildman–Crippen LogP) is 2.90. The van der Waals surface area contributed by atoms with Crippen molar-refractivity contribution < 1.29 is 4.74 Å². The van der Waals surface area contributed by atoms with Gasteiger partial charge in [0.25, 0.3) is 0 Å². The number of nitrogens with one attached hydrogen (secondary N) is 1. The van der Waals surface area contributed by atoms with Crippen LogP contribution in [0.5, 0.6) is 5.75 Å². The van der Waals surface area contributed by atoms with Crippen LogP contribution < -0.4 is 4.74 Å². The van der Waals surface area contributed by atoms with E-state index in [1.807, 2.05) is 25.1 Å². The van der Waals surface area contributed by atoms with Crippen molar-refractivity contribution in [2.75, 3.05) is 7.11 Å². The highest BCUT2D eigenvalue weighted by Gasteiger charge is 2.01. The van der Waals surface area contributed by atoms with Crippen LogP contribution in [0.2, 0.25) is 0 Å². The van der Waals surface area contributed by atoms with Gasteiger partial charge in [-0.2, -0.15) is 14.9 Å². The van der Waals surface area contributed by atoms with Gasteiger partial charge in [-0.1, -0.05) is 0 Å². The van der Waals surface area contributed by atoms with Gasteiger partial charge in [-0.15, -0.1) is 0 Å². The minimum atomic E-state index is 0.469. The summed E-state index contributed by atoms with van der Waals surface area (Å²) in [5.41, 5.74) is 0.935. The largest absolute Gasteiger partial charge is 0.496 e. The number of halogens is 1. The van der Waals surface area contributed by atoms with Crippen molar-refractivity contribution in [3.8, 4) is 5.75 Å². The van der Waals surface area contributed by atoms with E-state index >= 15 is 0 Å². The van der Waals surface area contributed by atoms with Gasteiger partial charge >= 0.3 is 0 Å². The Hall–Kier alpha value is -1.47. The lowest BCUT2D eigenvalue weighted by Gasteiger charge is -2.03.